The largest absolute Gasteiger partial charge is 0.497 e. The van der Waals surface area contributed by atoms with Gasteiger partial charge in [0.05, 0.1) is 7.11 Å². The Hall–Kier alpha value is -1.88. The maximum atomic E-state index is 5.69. The fraction of sp³-hybridized carbons (Fsp3) is 0.0769. The Labute approximate surface area is 112 Å². The quantitative estimate of drug-likeness (QED) is 0.678. The lowest BCUT2D eigenvalue weighted by atomic mass is 10.3. The van der Waals surface area contributed by atoms with E-state index in [4.69, 9.17) is 9.15 Å². The third kappa shape index (κ3) is 1.97. The number of oxazole rings is 1. The van der Waals surface area contributed by atoms with Gasteiger partial charge < -0.3 is 9.15 Å². The maximum absolute atomic E-state index is 5.69. The van der Waals surface area contributed by atoms with Crippen LogP contribution in [0.4, 0.5) is 0 Å². The minimum absolute atomic E-state index is 0.571. The van der Waals surface area contributed by atoms with Crippen molar-refractivity contribution in [2.24, 2.45) is 0 Å². The number of halogens is 1. The van der Waals surface area contributed by atoms with E-state index in [0.717, 1.165) is 27.0 Å². The molecule has 0 saturated heterocycles. The molecule has 0 aliphatic heterocycles. The Bertz CT molecular complexity index is 709. The fourth-order valence-electron chi connectivity index (χ4n) is 1.69. The molecule has 0 N–H and O–H groups in total. The third-order valence-electron chi connectivity index (χ3n) is 2.57. The molecule has 0 aliphatic rings. The number of nitrogens with zero attached hydrogens (tertiary/aromatic N) is 2. The lowest BCUT2D eigenvalue weighted by molar-refractivity contribution is 0.415. The highest BCUT2D eigenvalue weighted by molar-refractivity contribution is 9.10. The molecule has 2 heterocycles. The highest BCUT2D eigenvalue weighted by Crippen LogP contribution is 2.27. The zero-order chi connectivity index (χ0) is 12.5. The number of hydrogen-bond donors (Lipinski definition) is 0. The molecule has 5 heteroatoms. The van der Waals surface area contributed by atoms with Crippen molar-refractivity contribution in [3.05, 3.63) is 41.1 Å². The number of pyridine rings is 1. The van der Waals surface area contributed by atoms with Crippen LogP contribution < -0.4 is 4.74 Å². The smallest absolute Gasteiger partial charge is 0.227 e. The van der Waals surface area contributed by atoms with Crippen LogP contribution in [0.5, 0.6) is 5.75 Å². The summed E-state index contributed by atoms with van der Waals surface area (Å²) in [4.78, 5) is 8.51. The molecule has 0 radical (unpaired) electrons. The Morgan fingerprint density at radius 1 is 1.22 bits per heavy atom. The first kappa shape index (κ1) is 11.2. The van der Waals surface area contributed by atoms with E-state index in [9.17, 15) is 0 Å². The molecule has 0 aliphatic carbocycles. The van der Waals surface area contributed by atoms with Crippen LogP contribution in [-0.2, 0) is 0 Å². The Morgan fingerprint density at radius 2 is 2.11 bits per heavy atom. The summed E-state index contributed by atoms with van der Waals surface area (Å²) < 4.78 is 11.6. The van der Waals surface area contributed by atoms with E-state index in [1.807, 2.05) is 30.3 Å². The topological polar surface area (TPSA) is 48.2 Å². The summed E-state index contributed by atoms with van der Waals surface area (Å²) >= 11 is 3.33. The molecular weight excluding hydrogens is 296 g/mol. The van der Waals surface area contributed by atoms with E-state index in [1.165, 1.54) is 0 Å². The first-order chi connectivity index (χ1) is 8.76. The number of benzene rings is 1. The highest BCUT2D eigenvalue weighted by Gasteiger charge is 2.09. The Morgan fingerprint density at radius 3 is 2.89 bits per heavy atom. The van der Waals surface area contributed by atoms with E-state index in [0.29, 0.717) is 5.89 Å². The van der Waals surface area contributed by atoms with Crippen LogP contribution >= 0.6 is 15.9 Å². The van der Waals surface area contributed by atoms with Gasteiger partial charge in [0.1, 0.15) is 15.9 Å². The summed E-state index contributed by atoms with van der Waals surface area (Å²) in [5, 5.41) is 0. The normalized spacial score (nSPS) is 10.8. The fourth-order valence-corrected chi connectivity index (χ4v) is 2.06. The molecular formula is C13H9BrN2O2. The van der Waals surface area contributed by atoms with Crippen LogP contribution in [0.1, 0.15) is 0 Å². The molecule has 0 unspecified atom stereocenters. The summed E-state index contributed by atoms with van der Waals surface area (Å²) in [6.07, 6.45) is 1.70. The van der Waals surface area contributed by atoms with Crippen LogP contribution in [-0.4, -0.2) is 17.1 Å². The van der Waals surface area contributed by atoms with Crippen molar-refractivity contribution in [2.45, 2.75) is 0 Å². The van der Waals surface area contributed by atoms with Gasteiger partial charge in [0.15, 0.2) is 5.58 Å². The minimum atomic E-state index is 0.571. The first-order valence-electron chi connectivity index (χ1n) is 5.33. The first-order valence-corrected chi connectivity index (χ1v) is 6.12. The molecule has 3 aromatic rings. The predicted molar refractivity (Wildman–Crippen MR) is 71.5 cm³/mol. The van der Waals surface area contributed by atoms with Crippen molar-refractivity contribution < 1.29 is 9.15 Å². The average molecular weight is 305 g/mol. The molecule has 0 amide bonds. The lowest BCUT2D eigenvalue weighted by Gasteiger charge is -1.95. The summed E-state index contributed by atoms with van der Waals surface area (Å²) in [6, 6.07) is 9.26. The van der Waals surface area contributed by atoms with Gasteiger partial charge in [0.25, 0.3) is 0 Å². The van der Waals surface area contributed by atoms with E-state index in [1.54, 1.807) is 13.3 Å². The second kappa shape index (κ2) is 4.42. The summed E-state index contributed by atoms with van der Waals surface area (Å²) in [7, 11) is 1.63. The molecule has 90 valence electrons. The molecule has 0 bridgehead atoms. The summed E-state index contributed by atoms with van der Waals surface area (Å²) in [5.74, 6) is 1.33. The number of rotatable bonds is 2. The van der Waals surface area contributed by atoms with Crippen molar-refractivity contribution in [1.82, 2.24) is 9.97 Å². The van der Waals surface area contributed by atoms with Gasteiger partial charge in [-0.15, -0.1) is 0 Å². The number of fused-ring (bicyclic) bond motifs is 1. The van der Waals surface area contributed by atoms with Gasteiger partial charge in [-0.25, -0.2) is 9.97 Å². The van der Waals surface area contributed by atoms with Gasteiger partial charge in [0.2, 0.25) is 5.89 Å². The molecule has 18 heavy (non-hydrogen) atoms. The molecule has 2 aromatic heterocycles. The second-order valence-corrected chi connectivity index (χ2v) is 4.53. The molecule has 0 saturated carbocycles. The zero-order valence-corrected chi connectivity index (χ0v) is 11.1. The average Bonchev–Trinajstić information content (AvgIpc) is 2.81. The molecule has 3 rings (SSSR count). The van der Waals surface area contributed by atoms with E-state index in [-0.39, 0.29) is 0 Å². The predicted octanol–water partition coefficient (Wildman–Crippen LogP) is 3.66. The van der Waals surface area contributed by atoms with Gasteiger partial charge in [0, 0.05) is 17.8 Å². The standard InChI is InChI=1S/C13H9BrN2O2/c1-17-9-2-3-11-10(7-9)16-13(18-11)8-4-5-15-12(14)6-8/h2-7H,1H3. The van der Waals surface area contributed by atoms with Crippen LogP contribution in [0, 0.1) is 0 Å². The van der Waals surface area contributed by atoms with Gasteiger partial charge in [-0.1, -0.05) is 0 Å². The van der Waals surface area contributed by atoms with Crippen molar-refractivity contribution in [3.63, 3.8) is 0 Å². The van der Waals surface area contributed by atoms with Crippen molar-refractivity contribution in [3.8, 4) is 17.2 Å². The minimum Gasteiger partial charge on any atom is -0.497 e. The van der Waals surface area contributed by atoms with Crippen molar-refractivity contribution in [1.29, 1.82) is 0 Å². The van der Waals surface area contributed by atoms with Gasteiger partial charge in [-0.05, 0) is 40.2 Å². The summed E-state index contributed by atoms with van der Waals surface area (Å²) in [5.41, 5.74) is 2.39. The lowest BCUT2D eigenvalue weighted by Crippen LogP contribution is -1.81. The van der Waals surface area contributed by atoms with E-state index in [2.05, 4.69) is 25.9 Å². The molecule has 1 aromatic carbocycles. The van der Waals surface area contributed by atoms with Crippen LogP contribution in [0.15, 0.2) is 45.5 Å². The van der Waals surface area contributed by atoms with Crippen LogP contribution in [0.2, 0.25) is 0 Å². The maximum Gasteiger partial charge on any atom is 0.227 e. The summed E-state index contributed by atoms with van der Waals surface area (Å²) in [6.45, 7) is 0. The van der Waals surface area contributed by atoms with Crippen LogP contribution in [0.25, 0.3) is 22.6 Å². The van der Waals surface area contributed by atoms with Gasteiger partial charge >= 0.3 is 0 Å². The number of methoxy groups -OCH3 is 1. The number of ether oxygens (including phenoxy) is 1. The molecule has 4 nitrogen and oxygen atoms in total. The second-order valence-electron chi connectivity index (χ2n) is 3.72. The highest BCUT2D eigenvalue weighted by atomic mass is 79.9. The Kier molecular flexibility index (Phi) is 2.76. The van der Waals surface area contributed by atoms with Crippen molar-refractivity contribution in [2.75, 3.05) is 7.11 Å². The van der Waals surface area contributed by atoms with Gasteiger partial charge in [-0.2, -0.15) is 0 Å². The number of hydrogen-bond acceptors (Lipinski definition) is 4. The monoisotopic (exact) mass is 304 g/mol. The molecule has 0 spiro atoms. The van der Waals surface area contributed by atoms with Crippen LogP contribution in [0.3, 0.4) is 0 Å². The zero-order valence-electron chi connectivity index (χ0n) is 9.55. The number of aromatic nitrogens is 2. The van der Waals surface area contributed by atoms with Gasteiger partial charge in [-0.3, -0.25) is 0 Å². The van der Waals surface area contributed by atoms with E-state index >= 15 is 0 Å². The Balaban J connectivity index is 2.13. The molecule has 0 fully saturated rings. The SMILES string of the molecule is COc1ccc2oc(-c3ccnc(Br)c3)nc2c1. The van der Waals surface area contributed by atoms with E-state index < -0.39 is 0 Å². The molecule has 0 atom stereocenters. The third-order valence-corrected chi connectivity index (χ3v) is 3.00. The van der Waals surface area contributed by atoms with Crippen molar-refractivity contribution >= 4 is 27.0 Å².